The van der Waals surface area contributed by atoms with Crippen molar-refractivity contribution in [2.45, 2.75) is 0 Å². The van der Waals surface area contributed by atoms with E-state index in [1.807, 2.05) is 0 Å². The molecule has 1 heterocycles. The molecule has 0 saturated carbocycles. The minimum Gasteiger partial charge on any atom is -0.394 e. The largest absolute Gasteiger partial charge is 0.394 e. The van der Waals surface area contributed by atoms with Crippen molar-refractivity contribution in [3.05, 3.63) is 11.3 Å². The average Bonchev–Trinajstić information content (AvgIpc) is 2.24. The van der Waals surface area contributed by atoms with Crippen molar-refractivity contribution in [3.8, 4) is 0 Å². The van der Waals surface area contributed by atoms with E-state index >= 15 is 0 Å². The Bertz CT molecular complexity index is 311. The van der Waals surface area contributed by atoms with Crippen LogP contribution in [0.5, 0.6) is 0 Å². The summed E-state index contributed by atoms with van der Waals surface area (Å²) in [5.74, 6) is 0.724. The maximum absolute atomic E-state index is 8.46. The lowest BCUT2D eigenvalue weighted by Crippen LogP contribution is -2.13. The van der Waals surface area contributed by atoms with Crippen LogP contribution in [0.4, 0.5) is 11.6 Å². The van der Waals surface area contributed by atoms with E-state index in [-0.39, 0.29) is 12.4 Å². The third kappa shape index (κ3) is 3.86. The van der Waals surface area contributed by atoms with Crippen LogP contribution in [0.3, 0.4) is 0 Å². The number of nitrogen functional groups attached to an aromatic ring is 1. The van der Waals surface area contributed by atoms with E-state index in [1.165, 1.54) is 6.33 Å². The standard InChI is InChI=1S/C8H13ClN4O2/c9-6-7(10)12-5-13-8(6)11-1-3-15-4-2-14/h5,14H,1-4H2,(H3,10,11,12,13). The highest BCUT2D eigenvalue weighted by molar-refractivity contribution is 6.35. The molecule has 0 saturated heterocycles. The summed E-state index contributed by atoms with van der Waals surface area (Å²) >= 11 is 5.84. The van der Waals surface area contributed by atoms with Crippen molar-refractivity contribution in [2.24, 2.45) is 0 Å². The average molecular weight is 233 g/mol. The first kappa shape index (κ1) is 12.0. The van der Waals surface area contributed by atoms with Gasteiger partial charge in [0.05, 0.1) is 19.8 Å². The Kier molecular flexibility index (Phi) is 5.09. The van der Waals surface area contributed by atoms with Crippen molar-refractivity contribution >= 4 is 23.2 Å². The second-order valence-electron chi connectivity index (χ2n) is 2.68. The highest BCUT2D eigenvalue weighted by Gasteiger charge is 2.04. The van der Waals surface area contributed by atoms with Gasteiger partial charge in [-0.15, -0.1) is 0 Å². The Balaban J connectivity index is 2.34. The number of rotatable bonds is 6. The zero-order valence-electron chi connectivity index (χ0n) is 8.11. The van der Waals surface area contributed by atoms with Crippen molar-refractivity contribution < 1.29 is 9.84 Å². The van der Waals surface area contributed by atoms with Gasteiger partial charge in [-0.2, -0.15) is 0 Å². The van der Waals surface area contributed by atoms with Crippen LogP contribution < -0.4 is 11.1 Å². The maximum Gasteiger partial charge on any atom is 0.150 e. The SMILES string of the molecule is Nc1ncnc(NCCOCCO)c1Cl. The third-order valence-corrected chi connectivity index (χ3v) is 1.96. The third-order valence-electron chi connectivity index (χ3n) is 1.59. The molecular formula is C8H13ClN4O2. The van der Waals surface area contributed by atoms with Crippen LogP contribution in [0.15, 0.2) is 6.33 Å². The Morgan fingerprint density at radius 2 is 2.27 bits per heavy atom. The first-order valence-corrected chi connectivity index (χ1v) is 4.82. The summed E-state index contributed by atoms with van der Waals surface area (Å²) in [7, 11) is 0. The normalized spacial score (nSPS) is 10.3. The number of halogens is 1. The molecule has 15 heavy (non-hydrogen) atoms. The number of hydrogen-bond acceptors (Lipinski definition) is 6. The summed E-state index contributed by atoms with van der Waals surface area (Å²) in [4.78, 5) is 7.65. The van der Waals surface area contributed by atoms with E-state index in [0.29, 0.717) is 30.6 Å². The van der Waals surface area contributed by atoms with Gasteiger partial charge in [0.1, 0.15) is 17.2 Å². The fourth-order valence-electron chi connectivity index (χ4n) is 0.915. The number of ether oxygens (including phenoxy) is 1. The summed E-state index contributed by atoms with van der Waals surface area (Å²) in [5, 5.41) is 11.7. The number of nitrogens with two attached hydrogens (primary N) is 1. The number of aliphatic hydroxyl groups excluding tert-OH is 1. The first-order chi connectivity index (χ1) is 7.25. The van der Waals surface area contributed by atoms with E-state index in [9.17, 15) is 0 Å². The lowest BCUT2D eigenvalue weighted by Gasteiger charge is -2.07. The van der Waals surface area contributed by atoms with E-state index in [0.717, 1.165) is 0 Å². The molecule has 0 aliphatic heterocycles. The lowest BCUT2D eigenvalue weighted by atomic mass is 10.5. The summed E-state index contributed by atoms with van der Waals surface area (Å²) in [6.07, 6.45) is 1.33. The van der Waals surface area contributed by atoms with Gasteiger partial charge in [0.2, 0.25) is 0 Å². The highest BCUT2D eigenvalue weighted by atomic mass is 35.5. The fraction of sp³-hybridized carbons (Fsp3) is 0.500. The monoisotopic (exact) mass is 232 g/mol. The molecule has 0 bridgehead atoms. The van der Waals surface area contributed by atoms with Crippen LogP contribution in [0.1, 0.15) is 0 Å². The number of hydrogen-bond donors (Lipinski definition) is 3. The van der Waals surface area contributed by atoms with Gasteiger partial charge in [0.25, 0.3) is 0 Å². The van der Waals surface area contributed by atoms with Gasteiger partial charge in [-0.1, -0.05) is 11.6 Å². The van der Waals surface area contributed by atoms with E-state index < -0.39 is 0 Å². The molecule has 0 spiro atoms. The molecule has 0 unspecified atom stereocenters. The molecule has 1 aromatic rings. The Morgan fingerprint density at radius 3 is 3.00 bits per heavy atom. The van der Waals surface area contributed by atoms with Gasteiger partial charge >= 0.3 is 0 Å². The van der Waals surface area contributed by atoms with Gasteiger partial charge in [0, 0.05) is 6.54 Å². The van der Waals surface area contributed by atoms with Crippen molar-refractivity contribution in [3.63, 3.8) is 0 Å². The zero-order chi connectivity index (χ0) is 11.1. The lowest BCUT2D eigenvalue weighted by molar-refractivity contribution is 0.0992. The smallest absolute Gasteiger partial charge is 0.150 e. The van der Waals surface area contributed by atoms with E-state index in [2.05, 4.69) is 15.3 Å². The van der Waals surface area contributed by atoms with Gasteiger partial charge in [-0.25, -0.2) is 9.97 Å². The summed E-state index contributed by atoms with van der Waals surface area (Å²) in [5.41, 5.74) is 5.49. The predicted molar refractivity (Wildman–Crippen MR) is 57.8 cm³/mol. The molecule has 84 valence electrons. The van der Waals surface area contributed by atoms with Crippen molar-refractivity contribution in [1.82, 2.24) is 9.97 Å². The molecule has 0 atom stereocenters. The molecule has 4 N–H and O–H groups in total. The predicted octanol–water partition coefficient (Wildman–Crippen LogP) is 0.133. The topological polar surface area (TPSA) is 93.3 Å². The highest BCUT2D eigenvalue weighted by Crippen LogP contribution is 2.22. The summed E-state index contributed by atoms with van der Waals surface area (Å²) in [6, 6.07) is 0. The quantitative estimate of drug-likeness (QED) is 0.604. The van der Waals surface area contributed by atoms with Gasteiger partial charge in [-0.3, -0.25) is 0 Å². The van der Waals surface area contributed by atoms with Gasteiger partial charge in [-0.05, 0) is 0 Å². The van der Waals surface area contributed by atoms with Crippen LogP contribution in [0.2, 0.25) is 5.02 Å². The first-order valence-electron chi connectivity index (χ1n) is 4.44. The second kappa shape index (κ2) is 6.39. The molecular weight excluding hydrogens is 220 g/mol. The molecule has 0 aliphatic carbocycles. The van der Waals surface area contributed by atoms with Crippen molar-refractivity contribution in [1.29, 1.82) is 0 Å². The number of aromatic nitrogens is 2. The van der Waals surface area contributed by atoms with Crippen LogP contribution in [0, 0.1) is 0 Å². The van der Waals surface area contributed by atoms with Gasteiger partial charge < -0.3 is 20.9 Å². The molecule has 0 radical (unpaired) electrons. The van der Waals surface area contributed by atoms with E-state index in [4.69, 9.17) is 27.2 Å². The number of nitrogens with zero attached hydrogens (tertiary/aromatic N) is 2. The number of aliphatic hydroxyl groups is 1. The van der Waals surface area contributed by atoms with Crippen LogP contribution in [0.25, 0.3) is 0 Å². The maximum atomic E-state index is 8.46. The molecule has 1 aromatic heterocycles. The fourth-order valence-corrected chi connectivity index (χ4v) is 1.08. The second-order valence-corrected chi connectivity index (χ2v) is 3.06. The molecule has 0 fully saturated rings. The van der Waals surface area contributed by atoms with Gasteiger partial charge in [0.15, 0.2) is 5.82 Å². The summed E-state index contributed by atoms with van der Waals surface area (Å²) in [6.45, 7) is 1.33. The van der Waals surface area contributed by atoms with E-state index in [1.54, 1.807) is 0 Å². The molecule has 6 nitrogen and oxygen atoms in total. The molecule has 1 rings (SSSR count). The van der Waals surface area contributed by atoms with Crippen molar-refractivity contribution in [2.75, 3.05) is 37.4 Å². The van der Waals surface area contributed by atoms with Crippen LogP contribution in [-0.4, -0.2) is 41.4 Å². The molecule has 7 heteroatoms. The Labute approximate surface area is 92.4 Å². The Morgan fingerprint density at radius 1 is 1.47 bits per heavy atom. The zero-order valence-corrected chi connectivity index (χ0v) is 8.87. The Hall–Kier alpha value is -1.11. The number of anilines is 2. The molecule has 0 aromatic carbocycles. The minimum absolute atomic E-state index is 0.0151. The molecule has 0 aliphatic rings. The number of nitrogens with one attached hydrogen (secondary N) is 1. The minimum atomic E-state index is 0.0151. The molecule has 0 amide bonds. The van der Waals surface area contributed by atoms with Crippen LogP contribution >= 0.6 is 11.6 Å². The summed E-state index contributed by atoms with van der Waals surface area (Å²) < 4.78 is 5.04. The van der Waals surface area contributed by atoms with Crippen LogP contribution in [-0.2, 0) is 4.74 Å².